The molecule has 4 atom stereocenters. The number of hydrogen-bond acceptors (Lipinski definition) is 5. The Morgan fingerprint density at radius 1 is 1.29 bits per heavy atom. The first kappa shape index (κ1) is 19.9. The molecule has 2 bridgehead atoms. The monoisotopic (exact) mass is 437 g/mol. The second-order valence-electron chi connectivity index (χ2n) is 8.74. The molecule has 1 fully saturated rings. The largest absolute Gasteiger partial charge is 0.354 e. The number of carbonyl (C=O) groups excluding carboxylic acids is 1. The SMILES string of the molecule is CC(C)NC(=O)C1C(C(=N)c2c(Cl)cnc3nc(-c4cnn(C)c4)[nH]c23)[C@H]2C=C[C@@H]1C2. The van der Waals surface area contributed by atoms with E-state index in [1.54, 1.807) is 10.9 Å². The van der Waals surface area contributed by atoms with Crippen molar-refractivity contribution in [2.45, 2.75) is 26.3 Å². The third-order valence-electron chi connectivity index (χ3n) is 6.25. The molecule has 0 spiro atoms. The summed E-state index contributed by atoms with van der Waals surface area (Å²) in [5, 5.41) is 16.8. The van der Waals surface area contributed by atoms with Gasteiger partial charge in [0.15, 0.2) is 5.65 Å². The van der Waals surface area contributed by atoms with E-state index < -0.39 is 0 Å². The van der Waals surface area contributed by atoms with Crippen LogP contribution in [0.25, 0.3) is 22.6 Å². The molecule has 3 N–H and O–H groups in total. The predicted octanol–water partition coefficient (Wildman–Crippen LogP) is 3.34. The number of rotatable bonds is 5. The number of aryl methyl sites for hydroxylation is 1. The molecule has 3 heterocycles. The molecule has 9 heteroatoms. The van der Waals surface area contributed by atoms with Crippen LogP contribution in [0.15, 0.2) is 30.7 Å². The van der Waals surface area contributed by atoms with Gasteiger partial charge in [0.05, 0.1) is 28.2 Å². The predicted molar refractivity (Wildman–Crippen MR) is 119 cm³/mol. The van der Waals surface area contributed by atoms with E-state index in [0.717, 1.165) is 12.0 Å². The van der Waals surface area contributed by atoms with Crippen LogP contribution in [0.2, 0.25) is 5.02 Å². The average molecular weight is 438 g/mol. The number of allylic oxidation sites excluding steroid dienone is 2. The molecule has 2 aliphatic carbocycles. The lowest BCUT2D eigenvalue weighted by molar-refractivity contribution is -0.126. The molecule has 3 aromatic heterocycles. The molecule has 3 aromatic rings. The molecule has 160 valence electrons. The Kier molecular flexibility index (Phi) is 4.69. The number of aromatic nitrogens is 5. The van der Waals surface area contributed by atoms with Crippen molar-refractivity contribution in [1.29, 1.82) is 5.41 Å². The van der Waals surface area contributed by atoms with E-state index in [9.17, 15) is 4.79 Å². The number of carbonyl (C=O) groups is 1. The first-order valence-corrected chi connectivity index (χ1v) is 10.8. The zero-order valence-electron chi connectivity index (χ0n) is 17.6. The second kappa shape index (κ2) is 7.30. The van der Waals surface area contributed by atoms with Gasteiger partial charge in [-0.15, -0.1) is 0 Å². The van der Waals surface area contributed by atoms with Crippen LogP contribution in [0.1, 0.15) is 25.8 Å². The minimum atomic E-state index is -0.273. The molecule has 0 radical (unpaired) electrons. The Balaban J connectivity index is 1.57. The van der Waals surface area contributed by atoms with Gasteiger partial charge in [0.1, 0.15) is 5.82 Å². The van der Waals surface area contributed by atoms with E-state index in [-0.39, 0.29) is 35.6 Å². The van der Waals surface area contributed by atoms with Crippen LogP contribution in [-0.4, -0.2) is 42.4 Å². The fourth-order valence-electron chi connectivity index (χ4n) is 5.00. The molecule has 0 aliphatic heterocycles. The maximum Gasteiger partial charge on any atom is 0.224 e. The second-order valence-corrected chi connectivity index (χ2v) is 9.15. The Labute approximate surface area is 184 Å². The Bertz CT molecular complexity index is 1220. The number of amides is 1. The molecule has 5 rings (SSSR count). The lowest BCUT2D eigenvalue weighted by Gasteiger charge is -2.29. The molecule has 2 unspecified atom stereocenters. The number of nitrogens with one attached hydrogen (secondary N) is 3. The first-order chi connectivity index (χ1) is 14.8. The van der Waals surface area contributed by atoms with Gasteiger partial charge < -0.3 is 15.7 Å². The number of pyridine rings is 1. The van der Waals surface area contributed by atoms with Gasteiger partial charge in [0, 0.05) is 42.7 Å². The fourth-order valence-corrected chi connectivity index (χ4v) is 5.24. The zero-order chi connectivity index (χ0) is 21.9. The minimum Gasteiger partial charge on any atom is -0.354 e. The van der Waals surface area contributed by atoms with Gasteiger partial charge in [-0.2, -0.15) is 5.10 Å². The van der Waals surface area contributed by atoms with E-state index in [0.29, 0.717) is 33.3 Å². The summed E-state index contributed by atoms with van der Waals surface area (Å²) in [6.07, 6.45) is 10.3. The van der Waals surface area contributed by atoms with Gasteiger partial charge in [0.25, 0.3) is 0 Å². The maximum absolute atomic E-state index is 13.0. The van der Waals surface area contributed by atoms with Crippen molar-refractivity contribution in [2.75, 3.05) is 0 Å². The fraction of sp³-hybridized carbons (Fsp3) is 0.409. The van der Waals surface area contributed by atoms with E-state index in [2.05, 4.69) is 37.5 Å². The maximum atomic E-state index is 13.0. The lowest BCUT2D eigenvalue weighted by atomic mass is 9.77. The summed E-state index contributed by atoms with van der Waals surface area (Å²) in [6.45, 7) is 3.91. The number of imidazole rings is 1. The molecule has 8 nitrogen and oxygen atoms in total. The highest BCUT2D eigenvalue weighted by atomic mass is 35.5. The number of hydrogen-bond donors (Lipinski definition) is 3. The Morgan fingerprint density at radius 3 is 2.71 bits per heavy atom. The Hall–Kier alpha value is -3.00. The summed E-state index contributed by atoms with van der Waals surface area (Å²) < 4.78 is 1.70. The van der Waals surface area contributed by atoms with Crippen LogP contribution in [-0.2, 0) is 11.8 Å². The molecular formula is C22H24ClN7O. The molecule has 0 aromatic carbocycles. The summed E-state index contributed by atoms with van der Waals surface area (Å²) in [6, 6.07) is 0.0521. The average Bonchev–Trinajstić information content (AvgIpc) is 3.49. The van der Waals surface area contributed by atoms with E-state index >= 15 is 0 Å². The highest BCUT2D eigenvalue weighted by molar-refractivity contribution is 6.35. The normalized spacial score (nSPS) is 24.4. The van der Waals surface area contributed by atoms with Crippen LogP contribution < -0.4 is 5.32 Å². The number of halogens is 1. The van der Waals surface area contributed by atoms with Crippen molar-refractivity contribution in [3.05, 3.63) is 41.3 Å². The summed E-state index contributed by atoms with van der Waals surface area (Å²) in [5.74, 6) is 0.419. The summed E-state index contributed by atoms with van der Waals surface area (Å²) in [4.78, 5) is 25.2. The summed E-state index contributed by atoms with van der Waals surface area (Å²) in [5.41, 5.74) is 2.87. The van der Waals surface area contributed by atoms with E-state index in [1.807, 2.05) is 27.1 Å². The molecular weight excluding hydrogens is 414 g/mol. The van der Waals surface area contributed by atoms with E-state index in [1.165, 1.54) is 6.20 Å². The minimum absolute atomic E-state index is 0.00341. The van der Waals surface area contributed by atoms with Gasteiger partial charge in [-0.3, -0.25) is 9.48 Å². The van der Waals surface area contributed by atoms with Crippen LogP contribution in [0.4, 0.5) is 0 Å². The van der Waals surface area contributed by atoms with Crippen LogP contribution in [0.3, 0.4) is 0 Å². The van der Waals surface area contributed by atoms with E-state index in [4.69, 9.17) is 17.0 Å². The van der Waals surface area contributed by atoms with Crippen LogP contribution in [0, 0.1) is 29.1 Å². The van der Waals surface area contributed by atoms with Gasteiger partial charge in [-0.25, -0.2) is 9.97 Å². The summed E-state index contributed by atoms with van der Waals surface area (Å²) in [7, 11) is 1.84. The van der Waals surface area contributed by atoms with Crippen molar-refractivity contribution >= 4 is 34.4 Å². The smallest absolute Gasteiger partial charge is 0.224 e. The molecule has 2 aliphatic rings. The quantitative estimate of drug-likeness (QED) is 0.419. The molecule has 0 saturated heterocycles. The highest BCUT2D eigenvalue weighted by Gasteiger charge is 2.50. The van der Waals surface area contributed by atoms with Crippen molar-refractivity contribution in [2.24, 2.45) is 30.7 Å². The van der Waals surface area contributed by atoms with Crippen molar-refractivity contribution in [1.82, 2.24) is 30.0 Å². The van der Waals surface area contributed by atoms with Gasteiger partial charge in [-0.05, 0) is 32.1 Å². The topological polar surface area (TPSA) is 112 Å². The zero-order valence-corrected chi connectivity index (χ0v) is 18.3. The van der Waals surface area contributed by atoms with Crippen LogP contribution in [0.5, 0.6) is 0 Å². The van der Waals surface area contributed by atoms with Crippen LogP contribution >= 0.6 is 11.6 Å². The number of aromatic amines is 1. The highest BCUT2D eigenvalue weighted by Crippen LogP contribution is 2.50. The third-order valence-corrected chi connectivity index (χ3v) is 6.53. The van der Waals surface area contributed by atoms with Gasteiger partial charge >= 0.3 is 0 Å². The number of nitrogens with zero attached hydrogens (tertiary/aromatic N) is 4. The molecule has 31 heavy (non-hydrogen) atoms. The van der Waals surface area contributed by atoms with Gasteiger partial charge in [0.2, 0.25) is 5.91 Å². The number of fused-ring (bicyclic) bond motifs is 3. The van der Waals surface area contributed by atoms with Gasteiger partial charge in [-0.1, -0.05) is 23.8 Å². The number of H-pyrrole nitrogens is 1. The Morgan fingerprint density at radius 2 is 2.03 bits per heavy atom. The molecule has 1 saturated carbocycles. The molecule has 1 amide bonds. The van der Waals surface area contributed by atoms with Crippen molar-refractivity contribution < 1.29 is 4.79 Å². The standard InChI is InChI=1S/C22H24ClN7O/c1-10(2)27-22(31)16-12-5-4-11(6-12)15(16)18(24)17-14(23)8-25-21-19(17)28-20(29-21)13-7-26-30(3)9-13/h4-5,7-12,15-16,24H,6H2,1-3H3,(H,27,31)(H,25,28,29)/t11-,12+,15?,16?/m0/s1. The van der Waals surface area contributed by atoms with Crippen molar-refractivity contribution in [3.8, 4) is 11.4 Å². The lowest BCUT2D eigenvalue weighted by Crippen LogP contribution is -2.42. The van der Waals surface area contributed by atoms with Crippen molar-refractivity contribution in [3.63, 3.8) is 0 Å². The first-order valence-electron chi connectivity index (χ1n) is 10.4. The summed E-state index contributed by atoms with van der Waals surface area (Å²) >= 11 is 6.56. The third kappa shape index (κ3) is 3.26.